The first-order valence-corrected chi connectivity index (χ1v) is 7.01. The monoisotopic (exact) mass is 314 g/mol. The van der Waals surface area contributed by atoms with Crippen molar-refractivity contribution in [2.45, 2.75) is 19.8 Å². The lowest BCUT2D eigenvalue weighted by Gasteiger charge is -2.06. The van der Waals surface area contributed by atoms with Crippen molar-refractivity contribution in [1.82, 2.24) is 4.98 Å². The van der Waals surface area contributed by atoms with Gasteiger partial charge in [-0.25, -0.2) is 10.4 Å². The Kier molecular flexibility index (Phi) is 5.20. The van der Waals surface area contributed by atoms with Gasteiger partial charge in [0, 0.05) is 11.5 Å². The van der Waals surface area contributed by atoms with E-state index < -0.39 is 0 Å². The van der Waals surface area contributed by atoms with E-state index in [2.05, 4.69) is 15.5 Å². The summed E-state index contributed by atoms with van der Waals surface area (Å²) in [5.41, 5.74) is 3.59. The molecule has 0 saturated heterocycles. The SMILES string of the molecule is COc1ccc(OC)c(/C=N/Nc2oc(C(C)C)nc2C#N)c1. The van der Waals surface area contributed by atoms with Gasteiger partial charge in [0.05, 0.1) is 20.4 Å². The molecule has 0 fully saturated rings. The van der Waals surface area contributed by atoms with E-state index in [9.17, 15) is 0 Å². The Morgan fingerprint density at radius 2 is 2.13 bits per heavy atom. The van der Waals surface area contributed by atoms with Crippen molar-refractivity contribution in [3.05, 3.63) is 35.3 Å². The highest BCUT2D eigenvalue weighted by Crippen LogP contribution is 2.24. The van der Waals surface area contributed by atoms with Gasteiger partial charge in [0.15, 0.2) is 0 Å². The third-order valence-corrected chi connectivity index (χ3v) is 3.05. The van der Waals surface area contributed by atoms with Crippen molar-refractivity contribution in [3.63, 3.8) is 0 Å². The molecule has 0 bridgehead atoms. The van der Waals surface area contributed by atoms with E-state index in [1.807, 2.05) is 19.9 Å². The lowest BCUT2D eigenvalue weighted by atomic mass is 10.2. The van der Waals surface area contributed by atoms with E-state index in [4.69, 9.17) is 19.2 Å². The molecule has 0 unspecified atom stereocenters. The number of hydrogen-bond donors (Lipinski definition) is 1. The summed E-state index contributed by atoms with van der Waals surface area (Å²) >= 11 is 0. The summed E-state index contributed by atoms with van der Waals surface area (Å²) in [6.07, 6.45) is 1.56. The number of nitrogens with zero attached hydrogens (tertiary/aromatic N) is 3. The molecule has 2 aromatic rings. The molecular formula is C16H18N4O3. The third kappa shape index (κ3) is 3.80. The highest BCUT2D eigenvalue weighted by molar-refractivity contribution is 5.84. The Morgan fingerprint density at radius 1 is 1.35 bits per heavy atom. The second-order valence-electron chi connectivity index (χ2n) is 4.97. The van der Waals surface area contributed by atoms with Crippen LogP contribution in [0.1, 0.15) is 36.9 Å². The lowest BCUT2D eigenvalue weighted by molar-refractivity contribution is 0.402. The van der Waals surface area contributed by atoms with Crippen LogP contribution in [0.2, 0.25) is 0 Å². The number of hydrazone groups is 1. The minimum Gasteiger partial charge on any atom is -0.497 e. The van der Waals surface area contributed by atoms with Gasteiger partial charge in [-0.2, -0.15) is 10.4 Å². The zero-order chi connectivity index (χ0) is 16.8. The second-order valence-corrected chi connectivity index (χ2v) is 4.97. The van der Waals surface area contributed by atoms with Crippen LogP contribution in [0.5, 0.6) is 11.5 Å². The zero-order valence-electron chi connectivity index (χ0n) is 13.5. The Morgan fingerprint density at radius 3 is 2.74 bits per heavy atom. The normalized spacial score (nSPS) is 10.8. The summed E-state index contributed by atoms with van der Waals surface area (Å²) in [5, 5.41) is 13.2. The first-order valence-electron chi connectivity index (χ1n) is 7.01. The molecule has 120 valence electrons. The van der Waals surface area contributed by atoms with Gasteiger partial charge in [-0.3, -0.25) is 0 Å². The summed E-state index contributed by atoms with van der Waals surface area (Å²) < 4.78 is 15.9. The molecule has 7 heteroatoms. The van der Waals surface area contributed by atoms with Gasteiger partial charge in [0.1, 0.15) is 17.6 Å². The summed E-state index contributed by atoms with van der Waals surface area (Å²) in [7, 11) is 3.16. The molecule has 0 atom stereocenters. The van der Waals surface area contributed by atoms with Crippen LogP contribution < -0.4 is 14.9 Å². The van der Waals surface area contributed by atoms with E-state index in [1.54, 1.807) is 38.6 Å². The van der Waals surface area contributed by atoms with Crippen LogP contribution >= 0.6 is 0 Å². The van der Waals surface area contributed by atoms with E-state index >= 15 is 0 Å². The number of ether oxygens (including phenoxy) is 2. The van der Waals surface area contributed by atoms with Crippen LogP contribution in [0.15, 0.2) is 27.7 Å². The zero-order valence-corrected chi connectivity index (χ0v) is 13.5. The van der Waals surface area contributed by atoms with Crippen LogP contribution in [0, 0.1) is 11.3 Å². The van der Waals surface area contributed by atoms with Crippen LogP contribution in [0.25, 0.3) is 0 Å². The summed E-state index contributed by atoms with van der Waals surface area (Å²) in [5.74, 6) is 2.12. The van der Waals surface area contributed by atoms with E-state index in [-0.39, 0.29) is 17.5 Å². The van der Waals surface area contributed by atoms with Crippen LogP contribution in [-0.2, 0) is 0 Å². The van der Waals surface area contributed by atoms with Gasteiger partial charge >= 0.3 is 0 Å². The summed E-state index contributed by atoms with van der Waals surface area (Å²) in [6, 6.07) is 7.34. The molecule has 0 aliphatic carbocycles. The predicted octanol–water partition coefficient (Wildman–Crippen LogP) is 3.13. The minimum atomic E-state index is 0.0834. The Hall–Kier alpha value is -3.01. The summed E-state index contributed by atoms with van der Waals surface area (Å²) in [4.78, 5) is 4.11. The van der Waals surface area contributed by atoms with Crippen molar-refractivity contribution in [1.29, 1.82) is 5.26 Å². The highest BCUT2D eigenvalue weighted by atomic mass is 16.5. The maximum atomic E-state index is 9.08. The number of aromatic nitrogens is 1. The average Bonchev–Trinajstić information content (AvgIpc) is 2.98. The van der Waals surface area contributed by atoms with Crippen molar-refractivity contribution >= 4 is 12.1 Å². The quantitative estimate of drug-likeness (QED) is 0.650. The van der Waals surface area contributed by atoms with Gasteiger partial charge in [-0.15, -0.1) is 0 Å². The van der Waals surface area contributed by atoms with E-state index in [1.165, 1.54) is 0 Å². The molecule has 0 spiro atoms. The third-order valence-electron chi connectivity index (χ3n) is 3.05. The molecule has 23 heavy (non-hydrogen) atoms. The smallest absolute Gasteiger partial charge is 0.252 e. The van der Waals surface area contributed by atoms with Gasteiger partial charge in [0.25, 0.3) is 5.88 Å². The lowest BCUT2D eigenvalue weighted by Crippen LogP contribution is -1.95. The molecule has 1 aromatic heterocycles. The molecular weight excluding hydrogens is 296 g/mol. The number of hydrogen-bond acceptors (Lipinski definition) is 7. The van der Waals surface area contributed by atoms with Gasteiger partial charge in [-0.1, -0.05) is 13.8 Å². The standard InChI is InChI=1S/C16H18N4O3/c1-10(2)15-19-13(8-17)16(23-15)20-18-9-11-7-12(21-3)5-6-14(11)22-4/h5-7,9-10,20H,1-4H3/b18-9+. The Labute approximate surface area is 134 Å². The summed E-state index contributed by atoms with van der Waals surface area (Å²) in [6.45, 7) is 3.86. The van der Waals surface area contributed by atoms with Gasteiger partial charge < -0.3 is 13.9 Å². The number of oxazole rings is 1. The number of benzene rings is 1. The molecule has 0 aliphatic heterocycles. The first kappa shape index (κ1) is 16.4. The second kappa shape index (κ2) is 7.31. The number of methoxy groups -OCH3 is 2. The molecule has 0 radical (unpaired) electrons. The van der Waals surface area contributed by atoms with Gasteiger partial charge in [0.2, 0.25) is 11.6 Å². The largest absolute Gasteiger partial charge is 0.497 e. The van der Waals surface area contributed by atoms with Crippen molar-refractivity contribution in [3.8, 4) is 17.6 Å². The molecule has 1 heterocycles. The number of nitriles is 1. The molecule has 7 nitrogen and oxygen atoms in total. The molecule has 2 rings (SSSR count). The van der Waals surface area contributed by atoms with Crippen LogP contribution in [0.3, 0.4) is 0 Å². The first-order chi connectivity index (χ1) is 11.1. The fourth-order valence-corrected chi connectivity index (χ4v) is 1.84. The van der Waals surface area contributed by atoms with Crippen LogP contribution in [0.4, 0.5) is 5.88 Å². The van der Waals surface area contributed by atoms with Crippen molar-refractivity contribution < 1.29 is 13.9 Å². The van der Waals surface area contributed by atoms with Crippen LogP contribution in [-0.4, -0.2) is 25.4 Å². The van der Waals surface area contributed by atoms with Gasteiger partial charge in [-0.05, 0) is 18.2 Å². The molecule has 1 aromatic carbocycles. The number of rotatable bonds is 6. The topological polar surface area (TPSA) is 92.7 Å². The fraction of sp³-hybridized carbons (Fsp3) is 0.312. The minimum absolute atomic E-state index is 0.0834. The van der Waals surface area contributed by atoms with Crippen molar-refractivity contribution in [2.75, 3.05) is 19.6 Å². The molecule has 1 N–H and O–H groups in total. The number of anilines is 1. The Bertz CT molecular complexity index is 744. The van der Waals surface area contributed by atoms with E-state index in [0.717, 1.165) is 5.56 Å². The molecule has 0 saturated carbocycles. The van der Waals surface area contributed by atoms with E-state index in [0.29, 0.717) is 17.4 Å². The maximum absolute atomic E-state index is 9.08. The maximum Gasteiger partial charge on any atom is 0.252 e. The average molecular weight is 314 g/mol. The Balaban J connectivity index is 2.21. The molecule has 0 amide bonds. The highest BCUT2D eigenvalue weighted by Gasteiger charge is 2.14. The van der Waals surface area contributed by atoms with Crippen molar-refractivity contribution in [2.24, 2.45) is 5.10 Å². The number of nitrogens with one attached hydrogen (secondary N) is 1. The fourth-order valence-electron chi connectivity index (χ4n) is 1.84. The molecule has 0 aliphatic rings. The predicted molar refractivity (Wildman–Crippen MR) is 86.1 cm³/mol.